The first-order chi connectivity index (χ1) is 13.6. The van der Waals surface area contributed by atoms with Crippen molar-refractivity contribution in [2.75, 3.05) is 43.4 Å². The van der Waals surface area contributed by atoms with Crippen LogP contribution in [0.25, 0.3) is 11.3 Å². The smallest absolute Gasteiger partial charge is 0.291 e. The third-order valence-electron chi connectivity index (χ3n) is 5.07. The standard InChI is InChI=1S/C22H22ClN3O2/c1-25-12-14-26(15-13-25)19-8-6-18(7-9-19)24-22(27)21-11-10-20(28-21)16-2-4-17(23)5-3-16/h2-11H,12-15H2,1H3,(H,24,27)/p+1. The Kier molecular flexibility index (Phi) is 5.37. The van der Waals surface area contributed by atoms with E-state index < -0.39 is 0 Å². The van der Waals surface area contributed by atoms with Crippen LogP contribution in [-0.2, 0) is 0 Å². The summed E-state index contributed by atoms with van der Waals surface area (Å²) in [5.41, 5.74) is 2.81. The van der Waals surface area contributed by atoms with Gasteiger partial charge in [0.25, 0.3) is 5.91 Å². The second-order valence-corrected chi connectivity index (χ2v) is 7.55. The molecule has 1 aromatic heterocycles. The molecule has 0 aliphatic carbocycles. The molecule has 1 aliphatic rings. The molecule has 2 aromatic carbocycles. The average molecular weight is 397 g/mol. The highest BCUT2D eigenvalue weighted by Crippen LogP contribution is 2.25. The van der Waals surface area contributed by atoms with Gasteiger partial charge in [-0.05, 0) is 60.7 Å². The third-order valence-corrected chi connectivity index (χ3v) is 5.32. The predicted octanol–water partition coefficient (Wildman–Crippen LogP) is 3.19. The van der Waals surface area contributed by atoms with E-state index in [2.05, 4.69) is 29.4 Å². The summed E-state index contributed by atoms with van der Waals surface area (Å²) >= 11 is 5.91. The van der Waals surface area contributed by atoms with Gasteiger partial charge in [0.05, 0.1) is 33.2 Å². The lowest BCUT2D eigenvalue weighted by Gasteiger charge is -2.31. The fourth-order valence-electron chi connectivity index (χ4n) is 3.32. The fourth-order valence-corrected chi connectivity index (χ4v) is 3.45. The minimum atomic E-state index is -0.267. The normalized spacial score (nSPS) is 14.9. The molecule has 4 rings (SSSR count). The molecule has 5 nitrogen and oxygen atoms in total. The molecule has 1 amide bonds. The number of amides is 1. The van der Waals surface area contributed by atoms with Crippen LogP contribution in [0.4, 0.5) is 11.4 Å². The summed E-state index contributed by atoms with van der Waals surface area (Å²) in [4.78, 5) is 16.4. The van der Waals surface area contributed by atoms with Gasteiger partial charge in [-0.15, -0.1) is 0 Å². The molecule has 0 atom stereocenters. The van der Waals surface area contributed by atoms with E-state index in [-0.39, 0.29) is 11.7 Å². The molecule has 0 radical (unpaired) electrons. The first-order valence-corrected chi connectivity index (χ1v) is 9.80. The van der Waals surface area contributed by atoms with Gasteiger partial charge < -0.3 is 19.5 Å². The number of carbonyl (C=O) groups excluding carboxylic acids is 1. The summed E-state index contributed by atoms with van der Waals surface area (Å²) in [5.74, 6) is 0.640. The Morgan fingerprint density at radius 3 is 2.36 bits per heavy atom. The van der Waals surface area contributed by atoms with Crippen LogP contribution in [0.1, 0.15) is 10.6 Å². The Morgan fingerprint density at radius 1 is 1.00 bits per heavy atom. The molecule has 28 heavy (non-hydrogen) atoms. The maximum atomic E-state index is 12.5. The second-order valence-electron chi connectivity index (χ2n) is 7.12. The monoisotopic (exact) mass is 396 g/mol. The second kappa shape index (κ2) is 8.09. The van der Waals surface area contributed by atoms with E-state index in [0.29, 0.717) is 10.8 Å². The average Bonchev–Trinajstić information content (AvgIpc) is 3.20. The van der Waals surface area contributed by atoms with Gasteiger partial charge in [0.1, 0.15) is 5.76 Å². The number of quaternary nitrogens is 1. The molecule has 2 heterocycles. The van der Waals surface area contributed by atoms with E-state index in [1.54, 1.807) is 29.2 Å². The minimum Gasteiger partial charge on any atom is -0.451 e. The van der Waals surface area contributed by atoms with Gasteiger partial charge >= 0.3 is 0 Å². The van der Waals surface area contributed by atoms with Crippen molar-refractivity contribution in [1.82, 2.24) is 0 Å². The SMILES string of the molecule is C[NH+]1CCN(c2ccc(NC(=O)c3ccc(-c4ccc(Cl)cc4)o3)cc2)CC1. The molecule has 3 aromatic rings. The molecule has 2 N–H and O–H groups in total. The number of furan rings is 1. The van der Waals surface area contributed by atoms with Crippen LogP contribution in [0, 0.1) is 0 Å². The highest BCUT2D eigenvalue weighted by Gasteiger charge is 2.17. The number of carbonyl (C=O) groups is 1. The van der Waals surface area contributed by atoms with Gasteiger partial charge in [0, 0.05) is 22.0 Å². The topological polar surface area (TPSA) is 49.9 Å². The molecule has 0 saturated carbocycles. The van der Waals surface area contributed by atoms with E-state index in [1.807, 2.05) is 24.3 Å². The van der Waals surface area contributed by atoms with Crippen molar-refractivity contribution in [2.24, 2.45) is 0 Å². The third kappa shape index (κ3) is 4.21. The van der Waals surface area contributed by atoms with Crippen molar-refractivity contribution in [3.05, 3.63) is 71.4 Å². The molecule has 0 spiro atoms. The fraction of sp³-hybridized carbons (Fsp3) is 0.227. The molecule has 0 unspecified atom stereocenters. The molecule has 0 bridgehead atoms. The van der Waals surface area contributed by atoms with E-state index in [1.165, 1.54) is 5.69 Å². The number of hydrogen-bond acceptors (Lipinski definition) is 3. The van der Waals surface area contributed by atoms with Crippen LogP contribution in [0.3, 0.4) is 0 Å². The Balaban J connectivity index is 1.40. The van der Waals surface area contributed by atoms with Gasteiger partial charge in [-0.1, -0.05) is 11.6 Å². The van der Waals surface area contributed by atoms with Crippen molar-refractivity contribution in [3.63, 3.8) is 0 Å². The lowest BCUT2D eigenvalue weighted by atomic mass is 10.2. The number of hydrogen-bond donors (Lipinski definition) is 2. The van der Waals surface area contributed by atoms with Crippen molar-refractivity contribution >= 4 is 28.9 Å². The quantitative estimate of drug-likeness (QED) is 0.712. The van der Waals surface area contributed by atoms with Crippen molar-refractivity contribution in [2.45, 2.75) is 0 Å². The lowest BCUT2D eigenvalue weighted by Crippen LogP contribution is -3.12. The maximum Gasteiger partial charge on any atom is 0.291 e. The first kappa shape index (κ1) is 18.6. The van der Waals surface area contributed by atoms with Gasteiger partial charge in [0.15, 0.2) is 5.76 Å². The molecular weight excluding hydrogens is 374 g/mol. The summed E-state index contributed by atoms with van der Waals surface area (Å²) in [6, 6.07) is 18.8. The zero-order valence-electron chi connectivity index (χ0n) is 15.7. The van der Waals surface area contributed by atoms with E-state index in [4.69, 9.17) is 16.0 Å². The zero-order valence-corrected chi connectivity index (χ0v) is 16.5. The van der Waals surface area contributed by atoms with Gasteiger partial charge in [-0.3, -0.25) is 4.79 Å². The predicted molar refractivity (Wildman–Crippen MR) is 112 cm³/mol. The van der Waals surface area contributed by atoms with Crippen molar-refractivity contribution < 1.29 is 14.1 Å². The van der Waals surface area contributed by atoms with Crippen LogP contribution in [0.15, 0.2) is 65.1 Å². The largest absolute Gasteiger partial charge is 0.451 e. The summed E-state index contributed by atoms with van der Waals surface area (Å²) in [6.07, 6.45) is 0. The Hall–Kier alpha value is -2.76. The molecular formula is C22H23ClN3O2+. The summed E-state index contributed by atoms with van der Waals surface area (Å²) in [5, 5.41) is 3.55. The molecule has 6 heteroatoms. The highest BCUT2D eigenvalue weighted by atomic mass is 35.5. The van der Waals surface area contributed by atoms with Gasteiger partial charge in [0.2, 0.25) is 0 Å². The Bertz CT molecular complexity index is 943. The molecule has 1 fully saturated rings. The van der Waals surface area contributed by atoms with Crippen LogP contribution < -0.4 is 15.1 Å². The van der Waals surface area contributed by atoms with E-state index >= 15 is 0 Å². The zero-order chi connectivity index (χ0) is 19.5. The lowest BCUT2D eigenvalue weighted by molar-refractivity contribution is -0.880. The maximum absolute atomic E-state index is 12.5. The number of nitrogens with one attached hydrogen (secondary N) is 2. The number of nitrogens with zero attached hydrogens (tertiary/aromatic N) is 1. The highest BCUT2D eigenvalue weighted by molar-refractivity contribution is 6.30. The van der Waals surface area contributed by atoms with Crippen LogP contribution in [0.2, 0.25) is 5.02 Å². The number of halogens is 1. The number of likely N-dealkylation sites (N-methyl/N-ethyl adjacent to an activating group) is 1. The number of anilines is 2. The Morgan fingerprint density at radius 2 is 1.68 bits per heavy atom. The summed E-state index contributed by atoms with van der Waals surface area (Å²) in [6.45, 7) is 4.40. The Labute approximate surface area is 169 Å². The molecule has 144 valence electrons. The van der Waals surface area contributed by atoms with Crippen LogP contribution in [-0.4, -0.2) is 39.1 Å². The number of benzene rings is 2. The number of piperazine rings is 1. The molecule has 1 saturated heterocycles. The molecule has 1 aliphatic heterocycles. The van der Waals surface area contributed by atoms with Gasteiger partial charge in [-0.25, -0.2) is 0 Å². The summed E-state index contributed by atoms with van der Waals surface area (Å²) < 4.78 is 5.71. The first-order valence-electron chi connectivity index (χ1n) is 9.42. The van der Waals surface area contributed by atoms with Crippen molar-refractivity contribution in [1.29, 1.82) is 0 Å². The van der Waals surface area contributed by atoms with E-state index in [9.17, 15) is 4.79 Å². The summed E-state index contributed by atoms with van der Waals surface area (Å²) in [7, 11) is 2.23. The van der Waals surface area contributed by atoms with Crippen LogP contribution >= 0.6 is 11.6 Å². The van der Waals surface area contributed by atoms with E-state index in [0.717, 1.165) is 37.4 Å². The van der Waals surface area contributed by atoms with Crippen molar-refractivity contribution in [3.8, 4) is 11.3 Å². The minimum absolute atomic E-state index is 0.267. The number of rotatable bonds is 4. The van der Waals surface area contributed by atoms with Gasteiger partial charge in [-0.2, -0.15) is 0 Å². The van der Waals surface area contributed by atoms with Crippen LogP contribution in [0.5, 0.6) is 0 Å².